The number of aromatic nitrogens is 2. The Morgan fingerprint density at radius 3 is 2.68 bits per heavy atom. The summed E-state index contributed by atoms with van der Waals surface area (Å²) in [6.07, 6.45) is 1.01. The van der Waals surface area contributed by atoms with Crippen molar-refractivity contribution in [2.75, 3.05) is 23.7 Å². The van der Waals surface area contributed by atoms with Crippen LogP contribution in [0, 0.1) is 6.92 Å². The van der Waals surface area contributed by atoms with Gasteiger partial charge in [0.05, 0.1) is 6.54 Å². The Hall–Kier alpha value is -1.85. The lowest BCUT2D eigenvalue weighted by Crippen LogP contribution is -2.35. The summed E-state index contributed by atoms with van der Waals surface area (Å²) in [5.41, 5.74) is 0.861. The molecule has 0 aliphatic heterocycles. The van der Waals surface area contributed by atoms with Crippen LogP contribution in [0.25, 0.3) is 0 Å². The average Bonchev–Trinajstić information content (AvgIpc) is 2.32. The van der Waals surface area contributed by atoms with E-state index in [1.54, 1.807) is 0 Å². The third-order valence-electron chi connectivity index (χ3n) is 2.27. The Morgan fingerprint density at radius 2 is 2.05 bits per heavy atom. The number of hydrogen-bond donors (Lipinski definition) is 3. The Kier molecular flexibility index (Phi) is 6.05. The molecule has 0 fully saturated rings. The number of carbonyl (C=O) groups is 1. The Morgan fingerprint density at radius 1 is 1.32 bits per heavy atom. The van der Waals surface area contributed by atoms with E-state index in [4.69, 9.17) is 0 Å². The number of nitrogens with zero attached hydrogens (tertiary/aromatic N) is 2. The molecule has 0 radical (unpaired) electrons. The van der Waals surface area contributed by atoms with Gasteiger partial charge in [-0.1, -0.05) is 6.92 Å². The Bertz CT molecular complexity index is 419. The lowest BCUT2D eigenvalue weighted by Gasteiger charge is -2.11. The predicted molar refractivity (Wildman–Crippen MR) is 77.3 cm³/mol. The number of nitrogens with one attached hydrogen (secondary N) is 3. The molecule has 6 heteroatoms. The van der Waals surface area contributed by atoms with Gasteiger partial charge in [0.2, 0.25) is 11.9 Å². The molecule has 1 aromatic heterocycles. The van der Waals surface area contributed by atoms with E-state index in [1.165, 1.54) is 0 Å². The minimum Gasteiger partial charge on any atom is -0.361 e. The molecular formula is C13H23N5O. The van der Waals surface area contributed by atoms with Crippen LogP contribution in [-0.2, 0) is 4.79 Å². The van der Waals surface area contributed by atoms with Crippen molar-refractivity contribution in [2.45, 2.75) is 40.2 Å². The van der Waals surface area contributed by atoms with Gasteiger partial charge in [0.25, 0.3) is 0 Å². The number of anilines is 2. The fourth-order valence-corrected chi connectivity index (χ4v) is 1.52. The van der Waals surface area contributed by atoms with Crippen LogP contribution >= 0.6 is 0 Å². The zero-order valence-corrected chi connectivity index (χ0v) is 12.1. The molecular weight excluding hydrogens is 242 g/mol. The van der Waals surface area contributed by atoms with Crippen molar-refractivity contribution < 1.29 is 4.79 Å². The maximum atomic E-state index is 11.5. The lowest BCUT2D eigenvalue weighted by molar-refractivity contribution is -0.119. The molecule has 0 saturated heterocycles. The number of rotatable bonds is 7. The maximum Gasteiger partial charge on any atom is 0.239 e. The average molecular weight is 265 g/mol. The summed E-state index contributed by atoms with van der Waals surface area (Å²) in [5, 5.41) is 8.95. The Labute approximate surface area is 114 Å². The fraction of sp³-hybridized carbons (Fsp3) is 0.615. The van der Waals surface area contributed by atoms with E-state index in [9.17, 15) is 4.79 Å². The molecule has 0 aliphatic carbocycles. The quantitative estimate of drug-likeness (QED) is 0.697. The van der Waals surface area contributed by atoms with Crippen molar-refractivity contribution in [1.82, 2.24) is 15.3 Å². The second-order valence-corrected chi connectivity index (χ2v) is 4.72. The van der Waals surface area contributed by atoms with Crippen LogP contribution in [0.3, 0.4) is 0 Å². The molecule has 19 heavy (non-hydrogen) atoms. The molecule has 1 heterocycles. The van der Waals surface area contributed by atoms with Crippen LogP contribution in [0.2, 0.25) is 0 Å². The van der Waals surface area contributed by atoms with Crippen molar-refractivity contribution in [1.29, 1.82) is 0 Å². The highest BCUT2D eigenvalue weighted by Gasteiger charge is 2.05. The SMILES string of the molecule is CCCNc1nc(C)cc(NCC(=O)NC(C)C)n1. The number of aryl methyl sites for hydroxylation is 1. The first-order valence-electron chi connectivity index (χ1n) is 6.64. The van der Waals surface area contributed by atoms with Crippen LogP contribution < -0.4 is 16.0 Å². The predicted octanol–water partition coefficient (Wildman–Crippen LogP) is 1.54. The van der Waals surface area contributed by atoms with Crippen molar-refractivity contribution in [3.8, 4) is 0 Å². The van der Waals surface area contributed by atoms with Gasteiger partial charge in [-0.25, -0.2) is 4.98 Å². The molecule has 0 aliphatic rings. The van der Waals surface area contributed by atoms with E-state index >= 15 is 0 Å². The van der Waals surface area contributed by atoms with Crippen molar-refractivity contribution in [3.63, 3.8) is 0 Å². The lowest BCUT2D eigenvalue weighted by atomic mass is 10.4. The van der Waals surface area contributed by atoms with Gasteiger partial charge in [0.15, 0.2) is 0 Å². The van der Waals surface area contributed by atoms with E-state index in [2.05, 4.69) is 32.8 Å². The first-order chi connectivity index (χ1) is 9.01. The van der Waals surface area contributed by atoms with Crippen LogP contribution in [-0.4, -0.2) is 35.0 Å². The van der Waals surface area contributed by atoms with Crippen LogP contribution in [0.1, 0.15) is 32.9 Å². The van der Waals surface area contributed by atoms with Gasteiger partial charge in [-0.05, 0) is 27.2 Å². The van der Waals surface area contributed by atoms with Crippen molar-refractivity contribution in [2.24, 2.45) is 0 Å². The standard InChI is InChI=1S/C13H23N5O/c1-5-6-14-13-17-10(4)7-11(18-13)15-8-12(19)16-9(2)3/h7,9H,5-6,8H2,1-4H3,(H,16,19)(H2,14,15,17,18). The molecule has 0 saturated carbocycles. The first kappa shape index (κ1) is 15.2. The molecule has 1 rings (SSSR count). The van der Waals surface area contributed by atoms with Gasteiger partial charge in [-0.3, -0.25) is 4.79 Å². The smallest absolute Gasteiger partial charge is 0.239 e. The summed E-state index contributed by atoms with van der Waals surface area (Å²) in [4.78, 5) is 20.1. The summed E-state index contributed by atoms with van der Waals surface area (Å²) in [6.45, 7) is 8.88. The first-order valence-corrected chi connectivity index (χ1v) is 6.64. The maximum absolute atomic E-state index is 11.5. The summed E-state index contributed by atoms with van der Waals surface area (Å²) < 4.78 is 0. The Balaban J connectivity index is 2.57. The zero-order valence-electron chi connectivity index (χ0n) is 12.1. The highest BCUT2D eigenvalue weighted by Crippen LogP contribution is 2.09. The molecule has 1 amide bonds. The van der Waals surface area contributed by atoms with E-state index in [1.807, 2.05) is 26.8 Å². The van der Waals surface area contributed by atoms with Crippen LogP contribution in [0.5, 0.6) is 0 Å². The molecule has 6 nitrogen and oxygen atoms in total. The van der Waals surface area contributed by atoms with Gasteiger partial charge < -0.3 is 16.0 Å². The molecule has 3 N–H and O–H groups in total. The second-order valence-electron chi connectivity index (χ2n) is 4.72. The molecule has 106 valence electrons. The number of amides is 1. The summed E-state index contributed by atoms with van der Waals surface area (Å²) in [7, 11) is 0. The summed E-state index contributed by atoms with van der Waals surface area (Å²) in [5.74, 6) is 1.20. The van der Waals surface area contributed by atoms with Crippen molar-refractivity contribution in [3.05, 3.63) is 11.8 Å². The summed E-state index contributed by atoms with van der Waals surface area (Å²) >= 11 is 0. The van der Waals surface area contributed by atoms with Gasteiger partial charge in [0.1, 0.15) is 5.82 Å². The van der Waals surface area contributed by atoms with Crippen molar-refractivity contribution >= 4 is 17.7 Å². The van der Waals surface area contributed by atoms with E-state index < -0.39 is 0 Å². The van der Waals surface area contributed by atoms with E-state index in [-0.39, 0.29) is 18.5 Å². The van der Waals surface area contributed by atoms with Gasteiger partial charge in [-0.15, -0.1) is 0 Å². The molecule has 0 bridgehead atoms. The van der Waals surface area contributed by atoms with Gasteiger partial charge >= 0.3 is 0 Å². The van der Waals surface area contributed by atoms with E-state index in [0.717, 1.165) is 18.7 Å². The molecule has 0 atom stereocenters. The summed E-state index contributed by atoms with van der Waals surface area (Å²) in [6, 6.07) is 1.96. The molecule has 1 aromatic rings. The monoisotopic (exact) mass is 265 g/mol. The minimum atomic E-state index is -0.0469. The third-order valence-corrected chi connectivity index (χ3v) is 2.27. The van der Waals surface area contributed by atoms with Gasteiger partial charge in [-0.2, -0.15) is 4.98 Å². The second kappa shape index (κ2) is 7.56. The van der Waals surface area contributed by atoms with Crippen LogP contribution in [0.15, 0.2) is 6.07 Å². The molecule has 0 aromatic carbocycles. The molecule has 0 spiro atoms. The largest absolute Gasteiger partial charge is 0.361 e. The highest BCUT2D eigenvalue weighted by atomic mass is 16.1. The normalized spacial score (nSPS) is 10.4. The minimum absolute atomic E-state index is 0.0469. The molecule has 0 unspecified atom stereocenters. The van der Waals surface area contributed by atoms with E-state index in [0.29, 0.717) is 11.8 Å². The topological polar surface area (TPSA) is 78.9 Å². The zero-order chi connectivity index (χ0) is 14.3. The van der Waals surface area contributed by atoms with Gasteiger partial charge in [0, 0.05) is 24.3 Å². The fourth-order valence-electron chi connectivity index (χ4n) is 1.52. The van der Waals surface area contributed by atoms with Crippen LogP contribution in [0.4, 0.5) is 11.8 Å². The number of carbonyl (C=O) groups excluding carboxylic acids is 1. The number of hydrogen-bond acceptors (Lipinski definition) is 5. The highest BCUT2D eigenvalue weighted by molar-refractivity contribution is 5.80. The third kappa shape index (κ3) is 6.03.